The van der Waals surface area contributed by atoms with Gasteiger partial charge in [-0.3, -0.25) is 9.59 Å². The molecule has 0 saturated carbocycles. The van der Waals surface area contributed by atoms with E-state index in [0.29, 0.717) is 6.54 Å². The quantitative estimate of drug-likeness (QED) is 0.815. The molecule has 0 fully saturated rings. The van der Waals surface area contributed by atoms with Crippen LogP contribution in [0, 0.1) is 0 Å². The Labute approximate surface area is 143 Å². The molecule has 0 aliphatic heterocycles. The summed E-state index contributed by atoms with van der Waals surface area (Å²) in [7, 11) is 0. The highest BCUT2D eigenvalue weighted by Crippen LogP contribution is 2.41. The average molecular weight is 349 g/mol. The van der Waals surface area contributed by atoms with Crippen LogP contribution in [0.25, 0.3) is 0 Å². The van der Waals surface area contributed by atoms with Crippen LogP contribution in [0.5, 0.6) is 0 Å². The number of anilines is 1. The highest BCUT2D eigenvalue weighted by molar-refractivity contribution is 7.16. The number of thiophene rings is 1. The Morgan fingerprint density at radius 1 is 1.26 bits per heavy atom. The van der Waals surface area contributed by atoms with Crippen molar-refractivity contribution in [3.63, 3.8) is 0 Å². The number of fused-ring (bicyclic) bond motifs is 1. The molecule has 6 heteroatoms. The molecule has 3 rings (SSSR count). The van der Waals surface area contributed by atoms with Crippen LogP contribution in [0.3, 0.4) is 0 Å². The standard InChI is InChI=1S/C17H17ClN2O2S/c18-9-15(21)20-16-8-13-12(6-7-14(13)23-16)17(22)19-10-11-4-2-1-3-5-11/h1-5,8,12H,6-7,9-10H2,(H,19,22)(H,20,21). The van der Waals surface area contributed by atoms with Crippen molar-refractivity contribution in [3.05, 3.63) is 52.4 Å². The predicted molar refractivity (Wildman–Crippen MR) is 93.0 cm³/mol. The summed E-state index contributed by atoms with van der Waals surface area (Å²) in [6.07, 6.45) is 1.70. The summed E-state index contributed by atoms with van der Waals surface area (Å²) in [6.45, 7) is 0.533. The number of carbonyl (C=O) groups is 2. The van der Waals surface area contributed by atoms with Crippen LogP contribution in [-0.2, 0) is 22.6 Å². The molecule has 2 aromatic rings. The number of aryl methyl sites for hydroxylation is 1. The van der Waals surface area contributed by atoms with Crippen molar-refractivity contribution in [3.8, 4) is 0 Å². The third kappa shape index (κ3) is 3.74. The number of hydrogen-bond donors (Lipinski definition) is 2. The van der Waals surface area contributed by atoms with Crippen molar-refractivity contribution in [1.29, 1.82) is 0 Å². The lowest BCUT2D eigenvalue weighted by Gasteiger charge is -2.11. The molecule has 1 unspecified atom stereocenters. The van der Waals surface area contributed by atoms with Gasteiger partial charge in [-0.15, -0.1) is 22.9 Å². The summed E-state index contributed by atoms with van der Waals surface area (Å²) in [6, 6.07) is 11.8. The van der Waals surface area contributed by atoms with Crippen molar-refractivity contribution in [2.24, 2.45) is 0 Å². The van der Waals surface area contributed by atoms with Crippen molar-refractivity contribution >= 4 is 39.8 Å². The van der Waals surface area contributed by atoms with Gasteiger partial charge in [0.15, 0.2) is 0 Å². The minimum absolute atomic E-state index is 0.0422. The van der Waals surface area contributed by atoms with E-state index in [9.17, 15) is 9.59 Å². The van der Waals surface area contributed by atoms with Crippen molar-refractivity contribution in [1.82, 2.24) is 5.32 Å². The van der Waals surface area contributed by atoms with Crippen LogP contribution < -0.4 is 10.6 Å². The summed E-state index contributed by atoms with van der Waals surface area (Å²) in [4.78, 5) is 25.0. The molecular weight excluding hydrogens is 332 g/mol. The molecule has 0 bridgehead atoms. The van der Waals surface area contributed by atoms with Gasteiger partial charge in [-0.2, -0.15) is 0 Å². The molecule has 4 nitrogen and oxygen atoms in total. The van der Waals surface area contributed by atoms with Gasteiger partial charge in [-0.1, -0.05) is 30.3 Å². The Morgan fingerprint density at radius 2 is 2.04 bits per heavy atom. The van der Waals surface area contributed by atoms with Gasteiger partial charge in [0.1, 0.15) is 5.88 Å². The lowest BCUT2D eigenvalue weighted by Crippen LogP contribution is -2.27. The maximum absolute atomic E-state index is 12.5. The van der Waals surface area contributed by atoms with E-state index in [1.165, 1.54) is 16.2 Å². The van der Waals surface area contributed by atoms with E-state index in [1.807, 2.05) is 36.4 Å². The topological polar surface area (TPSA) is 58.2 Å². The largest absolute Gasteiger partial charge is 0.351 e. The van der Waals surface area contributed by atoms with Gasteiger partial charge in [0, 0.05) is 11.4 Å². The van der Waals surface area contributed by atoms with Crippen molar-refractivity contribution < 1.29 is 9.59 Å². The Bertz CT molecular complexity index is 715. The van der Waals surface area contributed by atoms with Gasteiger partial charge in [0.2, 0.25) is 11.8 Å². The second kappa shape index (κ2) is 7.15. The minimum atomic E-state index is -0.225. The minimum Gasteiger partial charge on any atom is -0.351 e. The Kier molecular flexibility index (Phi) is 4.98. The van der Waals surface area contributed by atoms with Crippen molar-refractivity contribution in [2.75, 3.05) is 11.2 Å². The SMILES string of the molecule is O=C(CCl)Nc1cc2c(s1)CCC2C(=O)NCc1ccccc1. The van der Waals surface area contributed by atoms with E-state index in [0.717, 1.165) is 29.0 Å². The van der Waals surface area contributed by atoms with E-state index in [2.05, 4.69) is 10.6 Å². The number of alkyl halides is 1. The molecule has 0 saturated heterocycles. The smallest absolute Gasteiger partial charge is 0.239 e. The third-order valence-corrected chi connectivity index (χ3v) is 5.26. The lowest BCUT2D eigenvalue weighted by molar-refractivity contribution is -0.122. The van der Waals surface area contributed by atoms with Crippen molar-refractivity contribution in [2.45, 2.75) is 25.3 Å². The van der Waals surface area contributed by atoms with Crippen LogP contribution in [0.15, 0.2) is 36.4 Å². The molecule has 1 aliphatic rings. The van der Waals surface area contributed by atoms with Gasteiger partial charge in [-0.05, 0) is 30.0 Å². The number of halogens is 1. The summed E-state index contributed by atoms with van der Waals surface area (Å²) in [5.41, 5.74) is 2.12. The van der Waals surface area contributed by atoms with Gasteiger partial charge >= 0.3 is 0 Å². The van der Waals surface area contributed by atoms with Gasteiger partial charge in [-0.25, -0.2) is 0 Å². The van der Waals surface area contributed by atoms with E-state index >= 15 is 0 Å². The van der Waals surface area contributed by atoms with Crippen LogP contribution in [-0.4, -0.2) is 17.7 Å². The number of amides is 2. The van der Waals surface area contributed by atoms with Crippen LogP contribution in [0.2, 0.25) is 0 Å². The Balaban J connectivity index is 1.64. The first-order valence-electron chi connectivity index (χ1n) is 7.47. The number of carbonyl (C=O) groups excluding carboxylic acids is 2. The summed E-state index contributed by atoms with van der Waals surface area (Å²) < 4.78 is 0. The fraction of sp³-hybridized carbons (Fsp3) is 0.294. The van der Waals surface area contributed by atoms with E-state index in [-0.39, 0.29) is 23.6 Å². The molecule has 1 aromatic heterocycles. The zero-order valence-electron chi connectivity index (χ0n) is 12.5. The fourth-order valence-electron chi connectivity index (χ4n) is 2.78. The van der Waals surface area contributed by atoms with Gasteiger partial charge < -0.3 is 10.6 Å². The van der Waals surface area contributed by atoms with E-state index in [1.54, 1.807) is 0 Å². The zero-order chi connectivity index (χ0) is 16.2. The third-order valence-electron chi connectivity index (χ3n) is 3.89. The maximum atomic E-state index is 12.5. The second-order valence-corrected chi connectivity index (χ2v) is 6.87. The summed E-state index contributed by atoms with van der Waals surface area (Å²) in [5.74, 6) is -0.382. The monoisotopic (exact) mass is 348 g/mol. The van der Waals surface area contributed by atoms with Crippen LogP contribution in [0.4, 0.5) is 5.00 Å². The van der Waals surface area contributed by atoms with Crippen LogP contribution >= 0.6 is 22.9 Å². The lowest BCUT2D eigenvalue weighted by atomic mass is 10.0. The molecule has 23 heavy (non-hydrogen) atoms. The number of rotatable bonds is 5. The van der Waals surface area contributed by atoms with Crippen LogP contribution in [0.1, 0.15) is 28.3 Å². The first-order valence-corrected chi connectivity index (χ1v) is 8.82. The molecule has 1 atom stereocenters. The Hall–Kier alpha value is -1.85. The molecular formula is C17H17ClN2O2S. The number of hydrogen-bond acceptors (Lipinski definition) is 3. The summed E-state index contributed by atoms with van der Waals surface area (Å²) >= 11 is 7.03. The highest BCUT2D eigenvalue weighted by Gasteiger charge is 2.30. The van der Waals surface area contributed by atoms with Gasteiger partial charge in [0.05, 0.1) is 10.9 Å². The molecule has 0 spiro atoms. The molecule has 1 aliphatic carbocycles. The van der Waals surface area contributed by atoms with E-state index in [4.69, 9.17) is 11.6 Å². The van der Waals surface area contributed by atoms with E-state index < -0.39 is 0 Å². The summed E-state index contributed by atoms with van der Waals surface area (Å²) in [5, 5.41) is 6.52. The number of nitrogens with one attached hydrogen (secondary N) is 2. The van der Waals surface area contributed by atoms with Gasteiger partial charge in [0.25, 0.3) is 0 Å². The average Bonchev–Trinajstić information content (AvgIpc) is 3.13. The molecule has 0 radical (unpaired) electrons. The number of benzene rings is 1. The molecule has 1 aromatic carbocycles. The first kappa shape index (κ1) is 16.0. The second-order valence-electron chi connectivity index (χ2n) is 5.47. The predicted octanol–water partition coefficient (Wildman–Crippen LogP) is 3.27. The maximum Gasteiger partial charge on any atom is 0.239 e. The molecule has 1 heterocycles. The molecule has 2 N–H and O–H groups in total. The first-order chi connectivity index (χ1) is 11.2. The Morgan fingerprint density at radius 3 is 2.78 bits per heavy atom. The molecule has 120 valence electrons. The molecule has 2 amide bonds. The highest BCUT2D eigenvalue weighted by atomic mass is 35.5. The zero-order valence-corrected chi connectivity index (χ0v) is 14.0. The fourth-order valence-corrected chi connectivity index (χ4v) is 4.00. The normalized spacial score (nSPS) is 16.0.